The highest BCUT2D eigenvalue weighted by atomic mass is 79.9. The normalized spacial score (nSPS) is 11.6. The number of alkyl halides is 1. The number of thiol groups is 1. The van der Waals surface area contributed by atoms with Gasteiger partial charge in [0, 0.05) is 0 Å². The summed E-state index contributed by atoms with van der Waals surface area (Å²) in [6, 6.07) is 0. The summed E-state index contributed by atoms with van der Waals surface area (Å²) < 4.78 is 4.64. The van der Waals surface area contributed by atoms with Gasteiger partial charge in [-0.05, 0) is 32.4 Å². The van der Waals surface area contributed by atoms with Gasteiger partial charge in [0.2, 0.25) is 0 Å². The van der Waals surface area contributed by atoms with E-state index in [-0.39, 0.29) is 5.97 Å². The fourth-order valence-electron chi connectivity index (χ4n) is 1.96. The number of halogens is 1. The molecule has 0 rings (SSSR count). The number of carbonyl (C=O) groups is 1. The number of carbonyl (C=O) groups excluding carboxylic acids is 1. The van der Waals surface area contributed by atoms with Crippen molar-refractivity contribution >= 4 is 34.5 Å². The van der Waals surface area contributed by atoms with E-state index >= 15 is 0 Å². The molecule has 20 heavy (non-hydrogen) atoms. The van der Waals surface area contributed by atoms with Crippen molar-refractivity contribution in [1.82, 2.24) is 0 Å². The molecule has 0 aromatic rings. The van der Waals surface area contributed by atoms with Crippen molar-refractivity contribution in [3.8, 4) is 0 Å². The number of unbranched alkanes of at least 4 members (excludes halogenated alkanes) is 9. The van der Waals surface area contributed by atoms with Crippen molar-refractivity contribution in [2.24, 2.45) is 0 Å². The van der Waals surface area contributed by atoms with Crippen LogP contribution in [0.15, 0.2) is 0 Å². The molecule has 0 saturated heterocycles. The third-order valence-corrected chi connectivity index (χ3v) is 3.91. The van der Waals surface area contributed by atoms with E-state index in [1.165, 1.54) is 51.4 Å². The highest BCUT2D eigenvalue weighted by Gasteiger charge is 2.24. The Balaban J connectivity index is 3.16. The first-order chi connectivity index (χ1) is 9.48. The SMILES string of the molecule is CC(C)(Br)C(=O)OCCCCCCCCCCCCS. The summed E-state index contributed by atoms with van der Waals surface area (Å²) in [5, 5.41) is 0. The van der Waals surface area contributed by atoms with Crippen LogP contribution >= 0.6 is 28.6 Å². The van der Waals surface area contributed by atoms with Crippen LogP contribution in [-0.4, -0.2) is 22.7 Å². The number of hydrogen-bond donors (Lipinski definition) is 1. The van der Waals surface area contributed by atoms with Crippen molar-refractivity contribution < 1.29 is 9.53 Å². The lowest BCUT2D eigenvalue weighted by atomic mass is 10.1. The average molecular weight is 367 g/mol. The zero-order valence-corrected chi connectivity index (χ0v) is 15.6. The summed E-state index contributed by atoms with van der Waals surface area (Å²) in [7, 11) is 0. The molecule has 0 fully saturated rings. The van der Waals surface area contributed by atoms with Crippen LogP contribution in [0.5, 0.6) is 0 Å². The first-order valence-electron chi connectivity index (χ1n) is 7.95. The van der Waals surface area contributed by atoms with Gasteiger partial charge in [-0.15, -0.1) is 0 Å². The number of esters is 1. The van der Waals surface area contributed by atoms with Gasteiger partial charge in [-0.1, -0.05) is 67.3 Å². The van der Waals surface area contributed by atoms with Crippen LogP contribution in [0, 0.1) is 0 Å². The molecule has 0 aliphatic rings. The van der Waals surface area contributed by atoms with Crippen LogP contribution in [0.25, 0.3) is 0 Å². The van der Waals surface area contributed by atoms with Crippen LogP contribution in [0.1, 0.15) is 78.1 Å². The molecule has 0 atom stereocenters. The lowest BCUT2D eigenvalue weighted by Crippen LogP contribution is -2.26. The first kappa shape index (κ1) is 20.3. The van der Waals surface area contributed by atoms with Gasteiger partial charge in [-0.2, -0.15) is 12.6 Å². The van der Waals surface area contributed by atoms with Crippen LogP contribution in [-0.2, 0) is 9.53 Å². The third-order valence-electron chi connectivity index (χ3n) is 3.27. The summed E-state index contributed by atoms with van der Waals surface area (Å²) in [6.45, 7) is 4.18. The smallest absolute Gasteiger partial charge is 0.322 e. The minimum atomic E-state index is -0.556. The Bertz CT molecular complexity index is 239. The Kier molecular flexibility index (Phi) is 13.2. The molecule has 0 aromatic carbocycles. The molecule has 0 spiro atoms. The maximum Gasteiger partial charge on any atom is 0.322 e. The largest absolute Gasteiger partial charge is 0.465 e. The molecule has 2 nitrogen and oxygen atoms in total. The van der Waals surface area contributed by atoms with Crippen molar-refractivity contribution in [3.63, 3.8) is 0 Å². The molecular weight excluding hydrogens is 336 g/mol. The van der Waals surface area contributed by atoms with E-state index in [0.29, 0.717) is 6.61 Å². The molecule has 0 radical (unpaired) electrons. The van der Waals surface area contributed by atoms with Gasteiger partial charge < -0.3 is 4.74 Å². The molecule has 0 saturated carbocycles. The van der Waals surface area contributed by atoms with Crippen molar-refractivity contribution in [1.29, 1.82) is 0 Å². The minimum absolute atomic E-state index is 0.168. The van der Waals surface area contributed by atoms with Crippen molar-refractivity contribution in [2.75, 3.05) is 12.4 Å². The summed E-state index contributed by atoms with van der Waals surface area (Å²) in [4.78, 5) is 11.5. The summed E-state index contributed by atoms with van der Waals surface area (Å²) in [5.41, 5.74) is 0. The predicted octanol–water partition coefficient (Wildman–Crippen LogP) is 5.53. The first-order valence-corrected chi connectivity index (χ1v) is 9.38. The lowest BCUT2D eigenvalue weighted by molar-refractivity contribution is -0.145. The Labute approximate surface area is 139 Å². The fourth-order valence-corrected chi connectivity index (χ4v) is 2.30. The molecule has 0 aliphatic heterocycles. The van der Waals surface area contributed by atoms with Crippen molar-refractivity contribution in [3.05, 3.63) is 0 Å². The van der Waals surface area contributed by atoms with E-state index < -0.39 is 4.32 Å². The second kappa shape index (κ2) is 13.0. The van der Waals surface area contributed by atoms with Crippen LogP contribution in [0.4, 0.5) is 0 Å². The number of ether oxygens (including phenoxy) is 1. The quantitative estimate of drug-likeness (QED) is 0.200. The minimum Gasteiger partial charge on any atom is -0.465 e. The van der Waals surface area contributed by atoms with Gasteiger partial charge in [-0.3, -0.25) is 4.79 Å². The van der Waals surface area contributed by atoms with E-state index in [1.807, 2.05) is 13.8 Å². The molecule has 0 bridgehead atoms. The molecule has 0 unspecified atom stereocenters. The molecule has 0 heterocycles. The van der Waals surface area contributed by atoms with Crippen LogP contribution < -0.4 is 0 Å². The zero-order valence-electron chi connectivity index (χ0n) is 13.1. The Morgan fingerprint density at radius 2 is 1.30 bits per heavy atom. The van der Waals surface area contributed by atoms with Gasteiger partial charge in [0.1, 0.15) is 4.32 Å². The van der Waals surface area contributed by atoms with Crippen LogP contribution in [0.2, 0.25) is 0 Å². The summed E-state index contributed by atoms with van der Waals surface area (Å²) in [5.74, 6) is 0.857. The van der Waals surface area contributed by atoms with E-state index in [9.17, 15) is 4.79 Å². The van der Waals surface area contributed by atoms with Gasteiger partial charge in [0.25, 0.3) is 0 Å². The molecule has 120 valence electrons. The molecule has 0 aromatic heterocycles. The second-order valence-electron chi connectivity index (χ2n) is 5.87. The van der Waals surface area contributed by atoms with Crippen molar-refractivity contribution in [2.45, 2.75) is 82.4 Å². The number of hydrogen-bond acceptors (Lipinski definition) is 3. The third kappa shape index (κ3) is 13.3. The Hall–Kier alpha value is 0.300. The van der Waals surface area contributed by atoms with Gasteiger partial charge in [0.05, 0.1) is 6.61 Å². The molecular formula is C16H31BrO2S. The van der Waals surface area contributed by atoms with E-state index in [1.54, 1.807) is 0 Å². The Morgan fingerprint density at radius 1 is 0.900 bits per heavy atom. The number of rotatable bonds is 13. The van der Waals surface area contributed by atoms with Gasteiger partial charge >= 0.3 is 5.97 Å². The van der Waals surface area contributed by atoms with Gasteiger partial charge in [-0.25, -0.2) is 0 Å². The van der Waals surface area contributed by atoms with Gasteiger partial charge in [0.15, 0.2) is 0 Å². The van der Waals surface area contributed by atoms with E-state index in [2.05, 4.69) is 28.6 Å². The highest BCUT2D eigenvalue weighted by molar-refractivity contribution is 9.10. The molecule has 0 aliphatic carbocycles. The topological polar surface area (TPSA) is 26.3 Å². The standard InChI is InChI=1S/C16H31BrO2S/c1-16(2,17)15(18)19-13-11-9-7-5-3-4-6-8-10-12-14-20/h20H,3-14H2,1-2H3. The van der Waals surface area contributed by atoms with E-state index in [4.69, 9.17) is 4.74 Å². The Morgan fingerprint density at radius 3 is 1.70 bits per heavy atom. The maximum absolute atomic E-state index is 11.5. The maximum atomic E-state index is 11.5. The van der Waals surface area contributed by atoms with E-state index in [0.717, 1.165) is 18.6 Å². The molecule has 0 N–H and O–H groups in total. The van der Waals surface area contributed by atoms with Crippen LogP contribution in [0.3, 0.4) is 0 Å². The average Bonchev–Trinajstić information content (AvgIpc) is 2.38. The molecule has 0 amide bonds. The lowest BCUT2D eigenvalue weighted by Gasteiger charge is -2.14. The zero-order chi connectivity index (χ0) is 15.3. The summed E-state index contributed by atoms with van der Waals surface area (Å²) >= 11 is 7.51. The fraction of sp³-hybridized carbons (Fsp3) is 0.938. The molecule has 4 heteroatoms. The predicted molar refractivity (Wildman–Crippen MR) is 94.0 cm³/mol. The summed E-state index contributed by atoms with van der Waals surface area (Å²) in [6.07, 6.45) is 12.7. The monoisotopic (exact) mass is 366 g/mol. The second-order valence-corrected chi connectivity index (χ2v) is 8.30. The highest BCUT2D eigenvalue weighted by Crippen LogP contribution is 2.17.